The van der Waals surface area contributed by atoms with Gasteiger partial charge in [0.2, 0.25) is 0 Å². The van der Waals surface area contributed by atoms with Gasteiger partial charge < -0.3 is 4.74 Å². The minimum atomic E-state index is 0. The van der Waals surface area contributed by atoms with Crippen LogP contribution in [-0.4, -0.2) is 7.11 Å². The maximum absolute atomic E-state index is 5.63. The zero-order chi connectivity index (χ0) is 16.9. The summed E-state index contributed by atoms with van der Waals surface area (Å²) >= 11 is 0. The van der Waals surface area contributed by atoms with Crippen LogP contribution in [0.2, 0.25) is 0 Å². The fourth-order valence-corrected chi connectivity index (χ4v) is 3.22. The van der Waals surface area contributed by atoms with Crippen LogP contribution in [0.3, 0.4) is 0 Å². The van der Waals surface area contributed by atoms with Crippen molar-refractivity contribution in [2.45, 2.75) is 40.5 Å². The molecule has 0 radical (unpaired) electrons. The second-order valence-corrected chi connectivity index (χ2v) is 6.27. The molecule has 1 nitrogen and oxygen atoms in total. The van der Waals surface area contributed by atoms with Crippen LogP contribution in [0.1, 0.15) is 62.8 Å². The summed E-state index contributed by atoms with van der Waals surface area (Å²) in [6.45, 7) is 4.50. The van der Waals surface area contributed by atoms with Crippen LogP contribution in [0.25, 0.3) is 0 Å². The molecule has 0 spiro atoms. The molecule has 0 aliphatic carbocycles. The van der Waals surface area contributed by atoms with Gasteiger partial charge in [-0.05, 0) is 22.8 Å². The van der Waals surface area contributed by atoms with E-state index in [2.05, 4.69) is 92.7 Å². The smallest absolute Gasteiger partial charge is 0.122 e. The molecular weight excluding hydrogens is 316 g/mol. The van der Waals surface area contributed by atoms with E-state index >= 15 is 0 Å². The van der Waals surface area contributed by atoms with Crippen molar-refractivity contribution in [1.29, 1.82) is 0 Å². The van der Waals surface area contributed by atoms with Gasteiger partial charge in [0.15, 0.2) is 0 Å². The van der Waals surface area contributed by atoms with Crippen molar-refractivity contribution in [2.24, 2.45) is 0 Å². The van der Waals surface area contributed by atoms with Gasteiger partial charge in [0.25, 0.3) is 0 Å². The molecule has 0 fully saturated rings. The van der Waals surface area contributed by atoms with E-state index in [0.717, 1.165) is 5.75 Å². The Morgan fingerprint density at radius 1 is 0.615 bits per heavy atom. The third-order valence-corrected chi connectivity index (χ3v) is 4.82. The highest BCUT2D eigenvalue weighted by Crippen LogP contribution is 2.35. The van der Waals surface area contributed by atoms with E-state index in [9.17, 15) is 0 Å². The third kappa shape index (κ3) is 4.54. The van der Waals surface area contributed by atoms with Crippen molar-refractivity contribution < 1.29 is 4.74 Å². The van der Waals surface area contributed by atoms with Gasteiger partial charge in [0.1, 0.15) is 5.75 Å². The van der Waals surface area contributed by atoms with E-state index in [1.165, 1.54) is 22.3 Å². The SMILES string of the molecule is C.C.COc1ccc(C(C)c2ccccc2)cc1C(C)c1ccccc1. The maximum Gasteiger partial charge on any atom is 0.122 e. The summed E-state index contributed by atoms with van der Waals surface area (Å²) in [4.78, 5) is 0. The zero-order valence-electron chi connectivity index (χ0n) is 14.6. The van der Waals surface area contributed by atoms with Crippen LogP contribution < -0.4 is 4.74 Å². The van der Waals surface area contributed by atoms with Crippen LogP contribution in [0.5, 0.6) is 5.75 Å². The fourth-order valence-electron chi connectivity index (χ4n) is 3.22. The van der Waals surface area contributed by atoms with E-state index in [0.29, 0.717) is 11.8 Å². The first-order valence-electron chi connectivity index (χ1n) is 8.48. The van der Waals surface area contributed by atoms with Gasteiger partial charge in [-0.25, -0.2) is 0 Å². The van der Waals surface area contributed by atoms with E-state index in [-0.39, 0.29) is 14.9 Å². The molecule has 2 unspecified atom stereocenters. The Labute approximate surface area is 159 Å². The normalized spacial score (nSPS) is 12.3. The van der Waals surface area contributed by atoms with Gasteiger partial charge in [0.05, 0.1) is 7.11 Å². The Morgan fingerprint density at radius 3 is 1.62 bits per heavy atom. The Morgan fingerprint density at radius 2 is 1.12 bits per heavy atom. The van der Waals surface area contributed by atoms with Gasteiger partial charge in [-0.15, -0.1) is 0 Å². The van der Waals surface area contributed by atoms with Gasteiger partial charge in [-0.1, -0.05) is 101 Å². The first-order valence-corrected chi connectivity index (χ1v) is 8.48. The lowest BCUT2D eigenvalue weighted by Gasteiger charge is -2.20. The molecule has 3 rings (SSSR count). The largest absolute Gasteiger partial charge is 0.496 e. The van der Waals surface area contributed by atoms with E-state index in [4.69, 9.17) is 4.74 Å². The summed E-state index contributed by atoms with van der Waals surface area (Å²) < 4.78 is 5.63. The molecule has 1 heteroatoms. The third-order valence-electron chi connectivity index (χ3n) is 4.82. The van der Waals surface area contributed by atoms with Gasteiger partial charge in [0, 0.05) is 17.4 Å². The number of hydrogen-bond acceptors (Lipinski definition) is 1. The first kappa shape index (κ1) is 21.5. The molecule has 2 atom stereocenters. The molecule has 0 aliphatic rings. The number of rotatable bonds is 5. The van der Waals surface area contributed by atoms with Gasteiger partial charge in [-0.2, -0.15) is 0 Å². The van der Waals surface area contributed by atoms with Crippen LogP contribution in [0, 0.1) is 0 Å². The monoisotopic (exact) mass is 348 g/mol. The zero-order valence-corrected chi connectivity index (χ0v) is 14.6. The molecule has 3 aromatic carbocycles. The molecule has 26 heavy (non-hydrogen) atoms. The molecule has 0 heterocycles. The van der Waals surface area contributed by atoms with Crippen LogP contribution in [0.15, 0.2) is 78.9 Å². The van der Waals surface area contributed by atoms with Crippen molar-refractivity contribution in [3.8, 4) is 5.75 Å². The highest BCUT2D eigenvalue weighted by molar-refractivity contribution is 5.46. The highest BCUT2D eigenvalue weighted by atomic mass is 16.5. The van der Waals surface area contributed by atoms with Gasteiger partial charge >= 0.3 is 0 Å². The second-order valence-electron chi connectivity index (χ2n) is 6.27. The Kier molecular flexibility index (Phi) is 8.12. The molecule has 0 bridgehead atoms. The van der Waals surface area contributed by atoms with E-state index in [1.807, 2.05) is 0 Å². The molecule has 3 aromatic rings. The predicted molar refractivity (Wildman–Crippen MR) is 114 cm³/mol. The summed E-state index contributed by atoms with van der Waals surface area (Å²) in [6.07, 6.45) is 0. The molecule has 0 amide bonds. The Hall–Kier alpha value is -2.54. The molecule has 138 valence electrons. The number of hydrogen-bond donors (Lipinski definition) is 0. The van der Waals surface area contributed by atoms with Crippen molar-refractivity contribution in [2.75, 3.05) is 7.11 Å². The predicted octanol–water partition coefficient (Wildman–Crippen LogP) is 7.27. The Bertz CT molecular complexity index is 778. The summed E-state index contributed by atoms with van der Waals surface area (Å²) in [5.74, 6) is 1.61. The van der Waals surface area contributed by atoms with E-state index < -0.39 is 0 Å². The average Bonchev–Trinajstić information content (AvgIpc) is 2.67. The van der Waals surface area contributed by atoms with Crippen molar-refractivity contribution in [1.82, 2.24) is 0 Å². The molecule has 0 N–H and O–H groups in total. The van der Waals surface area contributed by atoms with Gasteiger partial charge in [-0.3, -0.25) is 0 Å². The minimum absolute atomic E-state index is 0. The summed E-state index contributed by atoms with van der Waals surface area (Å²) in [5, 5.41) is 0. The minimum Gasteiger partial charge on any atom is -0.496 e. The quantitative estimate of drug-likeness (QED) is 0.471. The average molecular weight is 349 g/mol. The lowest BCUT2D eigenvalue weighted by molar-refractivity contribution is 0.408. The lowest BCUT2D eigenvalue weighted by Crippen LogP contribution is -2.03. The highest BCUT2D eigenvalue weighted by Gasteiger charge is 2.16. The number of ether oxygens (including phenoxy) is 1. The summed E-state index contributed by atoms with van der Waals surface area (Å²) in [5.41, 5.74) is 5.20. The number of methoxy groups -OCH3 is 1. The lowest BCUT2D eigenvalue weighted by atomic mass is 9.87. The molecule has 0 saturated carbocycles. The number of benzene rings is 3. The molecule has 0 aromatic heterocycles. The van der Waals surface area contributed by atoms with Crippen molar-refractivity contribution in [3.63, 3.8) is 0 Å². The van der Waals surface area contributed by atoms with Crippen LogP contribution in [-0.2, 0) is 0 Å². The molecular formula is C25H32O. The maximum atomic E-state index is 5.63. The van der Waals surface area contributed by atoms with Crippen molar-refractivity contribution in [3.05, 3.63) is 101 Å². The first-order chi connectivity index (χ1) is 11.7. The fraction of sp³-hybridized carbons (Fsp3) is 0.280. The molecule has 0 aliphatic heterocycles. The van der Waals surface area contributed by atoms with Crippen LogP contribution >= 0.6 is 0 Å². The summed E-state index contributed by atoms with van der Waals surface area (Å²) in [7, 11) is 1.75. The standard InChI is InChI=1S/C23H24O.2CH4/c1-17(19-10-6-4-7-11-19)21-14-15-23(24-3)22(16-21)18(2)20-12-8-5-9-13-20;;/h4-18H,1-3H3;2*1H4. The topological polar surface area (TPSA) is 9.23 Å². The second kappa shape index (κ2) is 9.82. The van der Waals surface area contributed by atoms with Crippen molar-refractivity contribution >= 4 is 0 Å². The molecule has 0 saturated heterocycles. The Balaban J connectivity index is 0.00000169. The van der Waals surface area contributed by atoms with E-state index in [1.54, 1.807) is 7.11 Å². The van der Waals surface area contributed by atoms with Crippen LogP contribution in [0.4, 0.5) is 0 Å². The summed E-state index contributed by atoms with van der Waals surface area (Å²) in [6, 6.07) is 27.8.